The van der Waals surface area contributed by atoms with Crippen LogP contribution < -0.4 is 16.3 Å². The van der Waals surface area contributed by atoms with E-state index < -0.39 is 0 Å². The molecule has 1 aliphatic heterocycles. The standard InChI is InChI=1S/C31H35N7/c1-36-13-5-14-37(17-16-36)25-18-24(19-25)31-35-28(29-30(32)33-12-15-38(29)31)23-9-8-22-10-11-26(34-27(22)20-23)21-6-3-2-4-7-21/h2-4,6-8,10-12,15,20,23-25H,5,9,13-14,16-19H2,1H3,(H2,32,33). The van der Waals surface area contributed by atoms with Gasteiger partial charge in [0.15, 0.2) is 0 Å². The smallest absolute Gasteiger partial charge is 0.149 e. The van der Waals surface area contributed by atoms with Gasteiger partial charge in [0, 0.05) is 48.9 Å². The van der Waals surface area contributed by atoms with Crippen molar-refractivity contribution >= 4 is 23.5 Å². The lowest BCUT2D eigenvalue weighted by atomic mass is 9.78. The lowest BCUT2D eigenvalue weighted by Gasteiger charge is -2.42. The second kappa shape index (κ2) is 9.64. The Hall–Kier alpha value is -3.55. The van der Waals surface area contributed by atoms with Crippen LogP contribution in [0.1, 0.15) is 49.0 Å². The average Bonchev–Trinajstić information content (AvgIpc) is 3.18. The van der Waals surface area contributed by atoms with Gasteiger partial charge in [-0.1, -0.05) is 42.5 Å². The number of anilines is 1. The number of benzene rings is 1. The van der Waals surface area contributed by atoms with Gasteiger partial charge in [-0.3, -0.25) is 9.30 Å². The van der Waals surface area contributed by atoms with Gasteiger partial charge in [0.2, 0.25) is 0 Å². The number of hydrogen-bond acceptors (Lipinski definition) is 6. The van der Waals surface area contributed by atoms with Crippen molar-refractivity contribution < 1.29 is 0 Å². The minimum atomic E-state index is 0.119. The van der Waals surface area contributed by atoms with E-state index in [9.17, 15) is 0 Å². The maximum Gasteiger partial charge on any atom is 0.149 e. The number of hydrogen-bond donors (Lipinski definition) is 1. The molecule has 1 saturated heterocycles. The Morgan fingerprint density at radius 3 is 2.68 bits per heavy atom. The third kappa shape index (κ3) is 4.20. The van der Waals surface area contributed by atoms with E-state index in [4.69, 9.17) is 15.7 Å². The van der Waals surface area contributed by atoms with Crippen molar-refractivity contribution in [3.05, 3.63) is 76.9 Å². The second-order valence-corrected chi connectivity index (χ2v) is 11.2. The van der Waals surface area contributed by atoms with E-state index in [2.05, 4.69) is 74.8 Å². The number of rotatable bonds is 4. The molecule has 194 valence electrons. The Bertz CT molecular complexity index is 1590. The van der Waals surface area contributed by atoms with Crippen LogP contribution in [0.5, 0.6) is 0 Å². The zero-order valence-corrected chi connectivity index (χ0v) is 22.0. The van der Waals surface area contributed by atoms with Crippen molar-refractivity contribution in [2.45, 2.75) is 43.6 Å². The van der Waals surface area contributed by atoms with Crippen molar-refractivity contribution in [2.75, 3.05) is 39.0 Å². The lowest BCUT2D eigenvalue weighted by Crippen LogP contribution is -2.45. The maximum atomic E-state index is 6.48. The van der Waals surface area contributed by atoms with Crippen LogP contribution in [-0.4, -0.2) is 68.4 Å². The van der Waals surface area contributed by atoms with E-state index in [0.717, 1.165) is 59.4 Å². The molecule has 1 unspecified atom stereocenters. The molecular formula is C31H35N7. The van der Waals surface area contributed by atoms with Crippen molar-refractivity contribution in [1.29, 1.82) is 0 Å². The number of likely N-dealkylation sites (N-methyl/N-ethyl adjacent to an activating group) is 1. The molecular weight excluding hydrogens is 470 g/mol. The zero-order valence-electron chi connectivity index (χ0n) is 22.0. The molecule has 0 spiro atoms. The van der Waals surface area contributed by atoms with Gasteiger partial charge in [-0.15, -0.1) is 0 Å². The highest BCUT2D eigenvalue weighted by Gasteiger charge is 2.38. The first-order chi connectivity index (χ1) is 18.6. The summed E-state index contributed by atoms with van der Waals surface area (Å²) in [5.74, 6) is 2.26. The summed E-state index contributed by atoms with van der Waals surface area (Å²) >= 11 is 0. The van der Waals surface area contributed by atoms with E-state index in [0.29, 0.717) is 17.8 Å². The summed E-state index contributed by atoms with van der Waals surface area (Å²) in [7, 11) is 2.24. The molecule has 1 saturated carbocycles. The van der Waals surface area contributed by atoms with Crippen molar-refractivity contribution in [1.82, 2.24) is 29.2 Å². The Kier molecular flexibility index (Phi) is 5.98. The van der Waals surface area contributed by atoms with Crippen LogP contribution >= 0.6 is 0 Å². The summed E-state index contributed by atoms with van der Waals surface area (Å²) < 4.78 is 2.21. The Labute approximate surface area is 223 Å². The van der Waals surface area contributed by atoms with Gasteiger partial charge in [0.25, 0.3) is 0 Å². The average molecular weight is 506 g/mol. The first-order valence-corrected chi connectivity index (χ1v) is 13.9. The molecule has 38 heavy (non-hydrogen) atoms. The Morgan fingerprint density at radius 2 is 1.82 bits per heavy atom. The number of imidazole rings is 1. The molecule has 2 aliphatic carbocycles. The van der Waals surface area contributed by atoms with Crippen molar-refractivity contribution in [2.24, 2.45) is 0 Å². The highest BCUT2D eigenvalue weighted by atomic mass is 15.2. The van der Waals surface area contributed by atoms with Crippen molar-refractivity contribution in [3.63, 3.8) is 0 Å². The van der Waals surface area contributed by atoms with Gasteiger partial charge in [-0.2, -0.15) is 0 Å². The van der Waals surface area contributed by atoms with Gasteiger partial charge in [-0.25, -0.2) is 15.0 Å². The fourth-order valence-corrected chi connectivity index (χ4v) is 6.45. The van der Waals surface area contributed by atoms with Gasteiger partial charge in [0.05, 0.1) is 16.7 Å². The predicted octanol–water partition coefficient (Wildman–Crippen LogP) is 3.01. The highest BCUT2D eigenvalue weighted by molar-refractivity contribution is 5.72. The minimum Gasteiger partial charge on any atom is -0.382 e. The number of fused-ring (bicyclic) bond motifs is 2. The van der Waals surface area contributed by atoms with Gasteiger partial charge in [-0.05, 0) is 63.2 Å². The molecule has 0 bridgehead atoms. The highest BCUT2D eigenvalue weighted by Crippen LogP contribution is 2.42. The monoisotopic (exact) mass is 505 g/mol. The van der Waals surface area contributed by atoms with Crippen LogP contribution in [0.25, 0.3) is 28.9 Å². The Morgan fingerprint density at radius 1 is 0.947 bits per heavy atom. The molecule has 1 atom stereocenters. The lowest BCUT2D eigenvalue weighted by molar-refractivity contribution is 0.110. The van der Waals surface area contributed by atoms with E-state index in [1.807, 2.05) is 12.3 Å². The number of nitrogen functional groups attached to an aromatic ring is 1. The van der Waals surface area contributed by atoms with Crippen LogP contribution in [0.4, 0.5) is 5.82 Å². The fraction of sp³-hybridized carbons (Fsp3) is 0.387. The molecule has 3 aromatic heterocycles. The predicted molar refractivity (Wildman–Crippen MR) is 152 cm³/mol. The zero-order chi connectivity index (χ0) is 25.6. The van der Waals surface area contributed by atoms with E-state index in [-0.39, 0.29) is 5.92 Å². The molecule has 1 aromatic carbocycles. The van der Waals surface area contributed by atoms with Crippen LogP contribution in [0.2, 0.25) is 0 Å². The van der Waals surface area contributed by atoms with E-state index >= 15 is 0 Å². The molecule has 2 N–H and O–H groups in total. The topological polar surface area (TPSA) is 75.6 Å². The minimum absolute atomic E-state index is 0.119. The summed E-state index contributed by atoms with van der Waals surface area (Å²) in [6, 6.07) is 15.3. The van der Waals surface area contributed by atoms with Crippen LogP contribution in [-0.2, 0) is 0 Å². The van der Waals surface area contributed by atoms with E-state index in [1.54, 1.807) is 6.20 Å². The van der Waals surface area contributed by atoms with Crippen LogP contribution in [0, 0.1) is 0 Å². The van der Waals surface area contributed by atoms with Gasteiger partial charge < -0.3 is 10.6 Å². The first-order valence-electron chi connectivity index (χ1n) is 13.9. The normalized spacial score (nSPS) is 24.2. The molecule has 0 radical (unpaired) electrons. The van der Waals surface area contributed by atoms with Gasteiger partial charge in [0.1, 0.15) is 17.2 Å². The summed E-state index contributed by atoms with van der Waals surface area (Å²) in [5, 5.41) is 2.20. The van der Waals surface area contributed by atoms with Gasteiger partial charge >= 0.3 is 0 Å². The molecule has 4 heterocycles. The summed E-state index contributed by atoms with van der Waals surface area (Å²) in [4.78, 5) is 19.9. The summed E-state index contributed by atoms with van der Waals surface area (Å²) in [5.41, 5.74) is 10.6. The number of aromatic nitrogens is 4. The first kappa shape index (κ1) is 23.6. The molecule has 7 heteroatoms. The third-order valence-electron chi connectivity index (χ3n) is 8.72. The SMILES string of the molecule is CN1CCCN(C2CC(c3nc(C4C=c5nc(-c6ccccc6)ccc5=CC4)c4c(N)nccn34)C2)CC1. The number of pyridine rings is 1. The molecule has 2 fully saturated rings. The summed E-state index contributed by atoms with van der Waals surface area (Å²) in [6.07, 6.45) is 12.9. The van der Waals surface area contributed by atoms with E-state index in [1.165, 1.54) is 31.3 Å². The molecule has 3 aliphatic rings. The summed E-state index contributed by atoms with van der Waals surface area (Å²) in [6.45, 7) is 4.74. The second-order valence-electron chi connectivity index (χ2n) is 11.2. The molecule has 7 rings (SSSR count). The van der Waals surface area contributed by atoms with Crippen LogP contribution in [0.15, 0.2) is 54.9 Å². The fourth-order valence-electron chi connectivity index (χ4n) is 6.45. The van der Waals surface area contributed by atoms with Crippen molar-refractivity contribution in [3.8, 4) is 11.3 Å². The third-order valence-corrected chi connectivity index (χ3v) is 8.72. The van der Waals surface area contributed by atoms with Crippen LogP contribution in [0.3, 0.4) is 0 Å². The number of nitrogens with zero attached hydrogens (tertiary/aromatic N) is 6. The Balaban J connectivity index is 1.20. The largest absolute Gasteiger partial charge is 0.382 e. The molecule has 0 amide bonds. The quantitative estimate of drug-likeness (QED) is 0.460. The number of nitrogens with two attached hydrogens (primary N) is 1. The molecule has 7 nitrogen and oxygen atoms in total. The molecule has 4 aromatic rings. The maximum absolute atomic E-state index is 6.48.